The number of nitrogens with one attached hydrogen (secondary N) is 3. The number of piperazine rings is 1. The highest BCUT2D eigenvalue weighted by atomic mass is 16.6. The van der Waals surface area contributed by atoms with E-state index in [-0.39, 0.29) is 42.5 Å². The van der Waals surface area contributed by atoms with Gasteiger partial charge in [-0.15, -0.1) is 5.10 Å². The highest BCUT2D eigenvalue weighted by molar-refractivity contribution is 6.25. The fourth-order valence-electron chi connectivity index (χ4n) is 6.39. The van der Waals surface area contributed by atoms with Crippen LogP contribution >= 0.6 is 0 Å². The van der Waals surface area contributed by atoms with Crippen LogP contribution in [0.15, 0.2) is 48.7 Å². The van der Waals surface area contributed by atoms with Gasteiger partial charge in [-0.05, 0) is 76.4 Å². The first-order valence-electron chi connectivity index (χ1n) is 17.5. The number of carbonyl (C=O) groups excluding carboxylic acids is 6. The van der Waals surface area contributed by atoms with Gasteiger partial charge >= 0.3 is 6.09 Å². The van der Waals surface area contributed by atoms with Crippen molar-refractivity contribution in [2.75, 3.05) is 41.7 Å². The Bertz CT molecular complexity index is 1860. The van der Waals surface area contributed by atoms with Crippen LogP contribution in [0.2, 0.25) is 0 Å². The average Bonchev–Trinajstić information content (AvgIpc) is 3.67. The van der Waals surface area contributed by atoms with Crippen molar-refractivity contribution in [1.82, 2.24) is 30.1 Å². The predicted octanol–water partition coefficient (Wildman–Crippen LogP) is 3.16. The molecule has 0 spiro atoms. The van der Waals surface area contributed by atoms with Crippen molar-refractivity contribution >= 4 is 52.7 Å². The van der Waals surface area contributed by atoms with Gasteiger partial charge in [0.15, 0.2) is 0 Å². The first kappa shape index (κ1) is 36.0. The van der Waals surface area contributed by atoms with Gasteiger partial charge < -0.3 is 25.2 Å². The minimum absolute atomic E-state index is 0.0488. The van der Waals surface area contributed by atoms with E-state index in [2.05, 4.69) is 31.2 Å². The maximum Gasteiger partial charge on any atom is 0.410 e. The minimum atomic E-state index is -1.04. The van der Waals surface area contributed by atoms with E-state index in [1.54, 1.807) is 34.0 Å². The van der Waals surface area contributed by atoms with Crippen molar-refractivity contribution in [3.05, 3.63) is 65.5 Å². The Morgan fingerprint density at radius 2 is 1.71 bits per heavy atom. The van der Waals surface area contributed by atoms with Crippen LogP contribution in [0.3, 0.4) is 0 Å². The molecule has 0 radical (unpaired) electrons. The molecule has 0 saturated carbocycles. The summed E-state index contributed by atoms with van der Waals surface area (Å²) in [5, 5.41) is 16.7. The molecule has 1 atom stereocenters. The number of hydrogen-bond donors (Lipinski definition) is 3. The van der Waals surface area contributed by atoms with Gasteiger partial charge in [-0.3, -0.25) is 38.9 Å². The fourth-order valence-corrected chi connectivity index (χ4v) is 6.39. The second-order valence-electron chi connectivity index (χ2n) is 14.0. The third kappa shape index (κ3) is 8.38. The highest BCUT2D eigenvalue weighted by Crippen LogP contribution is 2.32. The van der Waals surface area contributed by atoms with Crippen LogP contribution in [0, 0.1) is 0 Å². The Hall–Kier alpha value is -5.80. The third-order valence-electron chi connectivity index (χ3n) is 9.00. The lowest BCUT2D eigenvalue weighted by Gasteiger charge is -2.36. The summed E-state index contributed by atoms with van der Waals surface area (Å²) in [6.07, 6.45) is 3.32. The molecule has 6 amide bonds. The van der Waals surface area contributed by atoms with Gasteiger partial charge in [0.25, 0.3) is 11.8 Å². The number of unbranched alkanes of at least 4 members (excludes halogenated alkanes) is 1. The molecule has 3 aliphatic heterocycles. The Morgan fingerprint density at radius 1 is 0.962 bits per heavy atom. The molecule has 0 bridgehead atoms. The molecule has 6 rings (SSSR count). The van der Waals surface area contributed by atoms with E-state index >= 15 is 0 Å². The monoisotopic (exact) mass is 713 g/mol. The van der Waals surface area contributed by atoms with Gasteiger partial charge in [-0.2, -0.15) is 0 Å². The first-order valence-corrected chi connectivity index (χ1v) is 17.5. The number of rotatable bonds is 11. The smallest absolute Gasteiger partial charge is 0.410 e. The van der Waals surface area contributed by atoms with Crippen molar-refractivity contribution in [3.63, 3.8) is 0 Å². The average molecular weight is 714 g/mol. The summed E-state index contributed by atoms with van der Waals surface area (Å²) >= 11 is 0. The number of aryl methyl sites for hydroxylation is 1. The van der Waals surface area contributed by atoms with E-state index in [1.165, 1.54) is 0 Å². The van der Waals surface area contributed by atoms with Gasteiger partial charge in [-0.25, -0.2) is 4.79 Å². The lowest BCUT2D eigenvalue weighted by Crippen LogP contribution is -2.54. The normalized spacial score (nSPS) is 17.6. The van der Waals surface area contributed by atoms with Crippen LogP contribution in [-0.4, -0.2) is 98.2 Å². The number of imide groups is 2. The number of aromatic nitrogens is 3. The number of benzene rings is 2. The Labute approximate surface area is 300 Å². The molecular formula is C36H43N9O7. The Kier molecular flexibility index (Phi) is 10.5. The summed E-state index contributed by atoms with van der Waals surface area (Å²) in [5.41, 5.74) is 2.63. The van der Waals surface area contributed by atoms with E-state index < -0.39 is 35.3 Å². The van der Waals surface area contributed by atoms with Crippen LogP contribution in [0.5, 0.6) is 0 Å². The van der Waals surface area contributed by atoms with Crippen LogP contribution in [0.4, 0.5) is 21.9 Å². The molecule has 274 valence electrons. The van der Waals surface area contributed by atoms with Crippen LogP contribution in [-0.2, 0) is 32.2 Å². The zero-order chi connectivity index (χ0) is 37.0. The number of ether oxygens (including phenoxy) is 1. The van der Waals surface area contributed by atoms with E-state index in [0.717, 1.165) is 10.6 Å². The molecule has 3 aromatic rings. The predicted molar refractivity (Wildman–Crippen MR) is 189 cm³/mol. The maximum absolute atomic E-state index is 13.3. The van der Waals surface area contributed by atoms with Gasteiger partial charge in [0, 0.05) is 62.6 Å². The molecule has 16 nitrogen and oxygen atoms in total. The zero-order valence-electron chi connectivity index (χ0n) is 29.5. The standard InChI is InChI=1S/C36H43N9O7/c1-36(2,3)52-35(51)43-19-17-42(18-20-43)25-12-10-23(11-13-25)38-29(46)9-4-5-16-44-22-24(40-41-44)21-37-27-8-6-7-26-31(27)34(50)45(33(26)49)28-14-15-30(47)39-32(28)48/h6-8,10-13,22,28,37H,4-5,9,14-21H2,1-3H3,(H,38,46)(H,39,47,48). The van der Waals surface area contributed by atoms with Crippen molar-refractivity contribution in [3.8, 4) is 0 Å². The zero-order valence-corrected chi connectivity index (χ0v) is 29.5. The summed E-state index contributed by atoms with van der Waals surface area (Å²) in [5.74, 6) is -2.33. The Morgan fingerprint density at radius 3 is 2.42 bits per heavy atom. The second-order valence-corrected chi connectivity index (χ2v) is 14.0. The molecule has 2 aromatic carbocycles. The number of anilines is 3. The second kappa shape index (κ2) is 15.2. The fraction of sp³-hybridized carbons (Fsp3) is 0.444. The molecule has 1 unspecified atom stereocenters. The summed E-state index contributed by atoms with van der Waals surface area (Å²) in [6, 6.07) is 11.5. The van der Waals surface area contributed by atoms with Gasteiger partial charge in [0.1, 0.15) is 17.3 Å². The highest BCUT2D eigenvalue weighted by Gasteiger charge is 2.45. The van der Waals surface area contributed by atoms with E-state index in [1.807, 2.05) is 45.0 Å². The molecule has 52 heavy (non-hydrogen) atoms. The quantitative estimate of drug-likeness (QED) is 0.196. The van der Waals surface area contributed by atoms with E-state index in [0.29, 0.717) is 69.1 Å². The van der Waals surface area contributed by atoms with Crippen LogP contribution < -0.4 is 20.9 Å². The van der Waals surface area contributed by atoms with Crippen LogP contribution in [0.1, 0.15) is 79.3 Å². The number of nitrogens with zero attached hydrogens (tertiary/aromatic N) is 6. The summed E-state index contributed by atoms with van der Waals surface area (Å²) in [6.45, 7) is 8.91. The molecule has 0 aliphatic carbocycles. The lowest BCUT2D eigenvalue weighted by molar-refractivity contribution is -0.136. The molecule has 4 heterocycles. The number of fused-ring (bicyclic) bond motifs is 1. The van der Waals surface area contributed by atoms with Crippen molar-refractivity contribution in [2.24, 2.45) is 0 Å². The number of amides is 6. The minimum Gasteiger partial charge on any atom is -0.444 e. The van der Waals surface area contributed by atoms with Crippen molar-refractivity contribution in [2.45, 2.75) is 77.6 Å². The first-order chi connectivity index (χ1) is 24.9. The molecule has 1 aromatic heterocycles. The topological polar surface area (TPSA) is 188 Å². The van der Waals surface area contributed by atoms with Crippen molar-refractivity contribution in [1.29, 1.82) is 0 Å². The molecule has 2 saturated heterocycles. The largest absolute Gasteiger partial charge is 0.444 e. The maximum atomic E-state index is 13.3. The molecule has 16 heteroatoms. The van der Waals surface area contributed by atoms with E-state index in [4.69, 9.17) is 4.74 Å². The SMILES string of the molecule is CC(C)(C)OC(=O)N1CCN(c2ccc(NC(=O)CCCCn3cc(CNc4cccc5c4C(=O)N(C4CCC(=O)NC4=O)C5=O)nn3)cc2)CC1. The number of carbonyl (C=O) groups is 6. The lowest BCUT2D eigenvalue weighted by atomic mass is 10.0. The van der Waals surface area contributed by atoms with Gasteiger partial charge in [0.2, 0.25) is 17.7 Å². The van der Waals surface area contributed by atoms with Crippen molar-refractivity contribution < 1.29 is 33.5 Å². The number of hydrogen-bond acceptors (Lipinski definition) is 11. The summed E-state index contributed by atoms with van der Waals surface area (Å²) in [7, 11) is 0. The molecule has 3 N–H and O–H groups in total. The molecule has 2 fully saturated rings. The molecule has 3 aliphatic rings. The Balaban J connectivity index is 0.913. The van der Waals surface area contributed by atoms with Gasteiger partial charge in [-0.1, -0.05) is 11.3 Å². The van der Waals surface area contributed by atoms with E-state index in [9.17, 15) is 28.8 Å². The van der Waals surface area contributed by atoms with Gasteiger partial charge in [0.05, 0.1) is 23.9 Å². The summed E-state index contributed by atoms with van der Waals surface area (Å²) < 4.78 is 7.17. The molecular weight excluding hydrogens is 670 g/mol. The van der Waals surface area contributed by atoms with Crippen LogP contribution in [0.25, 0.3) is 0 Å². The third-order valence-corrected chi connectivity index (χ3v) is 9.00. The summed E-state index contributed by atoms with van der Waals surface area (Å²) in [4.78, 5) is 80.2. The number of piperidine rings is 1.